The number of carbonyl (C=O) groups is 1. The quantitative estimate of drug-likeness (QED) is 0.753. The molecule has 6 heteroatoms. The van der Waals surface area contributed by atoms with Crippen LogP contribution in [0.4, 0.5) is 0 Å². The molecular formula is C18H19N3O3. The number of benzene rings is 1. The van der Waals surface area contributed by atoms with Crippen LogP contribution in [-0.4, -0.2) is 33.9 Å². The minimum atomic E-state index is -0.485. The molecule has 0 aliphatic rings. The molecule has 124 valence electrons. The number of aromatic amines is 1. The molecule has 6 nitrogen and oxygen atoms in total. The summed E-state index contributed by atoms with van der Waals surface area (Å²) in [5.41, 5.74) is 3.13. The molecule has 0 spiro atoms. The lowest BCUT2D eigenvalue weighted by molar-refractivity contribution is -0.130. The van der Waals surface area contributed by atoms with Crippen molar-refractivity contribution in [2.75, 3.05) is 13.1 Å². The van der Waals surface area contributed by atoms with Gasteiger partial charge in [-0.15, -0.1) is 0 Å². The van der Waals surface area contributed by atoms with Crippen molar-refractivity contribution in [1.82, 2.24) is 14.9 Å². The first kappa shape index (κ1) is 16.0. The van der Waals surface area contributed by atoms with E-state index in [9.17, 15) is 9.59 Å². The minimum absolute atomic E-state index is 0.0664. The van der Waals surface area contributed by atoms with Crippen LogP contribution in [0, 0.1) is 0 Å². The van der Waals surface area contributed by atoms with Crippen LogP contribution < -0.4 is 5.76 Å². The number of amides is 1. The second-order valence-electron chi connectivity index (χ2n) is 5.60. The predicted octanol–water partition coefficient (Wildman–Crippen LogP) is 2.15. The highest BCUT2D eigenvalue weighted by Gasteiger charge is 2.13. The number of rotatable bonds is 6. The number of carbonyl (C=O) groups excluding carboxylic acids is 1. The lowest BCUT2D eigenvalue weighted by Gasteiger charge is -2.21. The highest BCUT2D eigenvalue weighted by atomic mass is 16.4. The van der Waals surface area contributed by atoms with E-state index in [4.69, 9.17) is 4.42 Å². The van der Waals surface area contributed by atoms with Gasteiger partial charge in [0.15, 0.2) is 5.58 Å². The number of fused-ring (bicyclic) bond motifs is 1. The van der Waals surface area contributed by atoms with Gasteiger partial charge in [-0.05, 0) is 48.7 Å². The van der Waals surface area contributed by atoms with Crippen molar-refractivity contribution in [3.8, 4) is 0 Å². The second-order valence-corrected chi connectivity index (χ2v) is 5.60. The van der Waals surface area contributed by atoms with Crippen molar-refractivity contribution in [3.05, 3.63) is 64.4 Å². The van der Waals surface area contributed by atoms with Gasteiger partial charge >= 0.3 is 5.76 Å². The van der Waals surface area contributed by atoms with Crippen LogP contribution in [0.3, 0.4) is 0 Å². The van der Waals surface area contributed by atoms with Gasteiger partial charge in [0.2, 0.25) is 5.91 Å². The van der Waals surface area contributed by atoms with E-state index >= 15 is 0 Å². The summed E-state index contributed by atoms with van der Waals surface area (Å²) in [4.78, 5) is 32.2. The Labute approximate surface area is 139 Å². The van der Waals surface area contributed by atoms with E-state index in [1.54, 1.807) is 24.5 Å². The van der Waals surface area contributed by atoms with Crippen LogP contribution in [0.2, 0.25) is 0 Å². The average Bonchev–Trinajstić information content (AvgIpc) is 2.95. The molecule has 1 aromatic carbocycles. The Morgan fingerprint density at radius 3 is 2.75 bits per heavy atom. The Morgan fingerprint density at radius 1 is 1.21 bits per heavy atom. The van der Waals surface area contributed by atoms with Crippen LogP contribution in [0.25, 0.3) is 11.1 Å². The first-order valence-corrected chi connectivity index (χ1v) is 7.94. The molecule has 3 rings (SSSR count). The second kappa shape index (κ2) is 7.12. The average molecular weight is 325 g/mol. The fraction of sp³-hybridized carbons (Fsp3) is 0.278. The van der Waals surface area contributed by atoms with Gasteiger partial charge in [0, 0.05) is 25.5 Å². The van der Waals surface area contributed by atoms with Gasteiger partial charge in [0.1, 0.15) is 0 Å². The Bertz CT molecular complexity index is 883. The van der Waals surface area contributed by atoms with Crippen LogP contribution in [0.1, 0.15) is 18.1 Å². The molecule has 3 aromatic rings. The first-order chi connectivity index (χ1) is 11.7. The Morgan fingerprint density at radius 2 is 2.00 bits per heavy atom. The number of likely N-dealkylation sites (N-methyl/N-ethyl adjacent to an activating group) is 1. The number of hydrogen-bond acceptors (Lipinski definition) is 4. The van der Waals surface area contributed by atoms with E-state index < -0.39 is 5.76 Å². The van der Waals surface area contributed by atoms with E-state index in [0.717, 1.165) is 17.5 Å². The SMILES string of the molecule is CCN(CCc1ccncc1)C(=O)Cc1ccc2oc(=O)[nH]c2c1. The third-order valence-electron chi connectivity index (χ3n) is 3.99. The van der Waals surface area contributed by atoms with E-state index in [0.29, 0.717) is 30.6 Å². The Hall–Kier alpha value is -2.89. The molecule has 2 aromatic heterocycles. The normalized spacial score (nSPS) is 10.9. The summed E-state index contributed by atoms with van der Waals surface area (Å²) in [7, 11) is 0. The molecule has 2 heterocycles. The molecule has 24 heavy (non-hydrogen) atoms. The van der Waals surface area contributed by atoms with E-state index in [2.05, 4.69) is 9.97 Å². The van der Waals surface area contributed by atoms with Gasteiger partial charge in [-0.25, -0.2) is 4.79 Å². The highest BCUT2D eigenvalue weighted by molar-refractivity contribution is 5.81. The number of H-pyrrole nitrogens is 1. The lowest BCUT2D eigenvalue weighted by atomic mass is 10.1. The molecule has 1 amide bonds. The summed E-state index contributed by atoms with van der Waals surface area (Å²) in [5, 5.41) is 0. The summed E-state index contributed by atoms with van der Waals surface area (Å²) in [6.45, 7) is 3.31. The summed E-state index contributed by atoms with van der Waals surface area (Å²) in [5.74, 6) is -0.419. The smallest absolute Gasteiger partial charge is 0.408 e. The van der Waals surface area contributed by atoms with Gasteiger partial charge in [0.25, 0.3) is 0 Å². The third kappa shape index (κ3) is 3.71. The van der Waals surface area contributed by atoms with Crippen LogP contribution in [0.15, 0.2) is 51.9 Å². The maximum absolute atomic E-state index is 12.5. The number of nitrogens with one attached hydrogen (secondary N) is 1. The van der Waals surface area contributed by atoms with Crippen molar-refractivity contribution in [2.24, 2.45) is 0 Å². The summed E-state index contributed by atoms with van der Waals surface area (Å²) >= 11 is 0. The zero-order valence-electron chi connectivity index (χ0n) is 13.5. The van der Waals surface area contributed by atoms with Crippen molar-refractivity contribution in [2.45, 2.75) is 19.8 Å². The van der Waals surface area contributed by atoms with Crippen molar-refractivity contribution < 1.29 is 9.21 Å². The number of pyridine rings is 1. The van der Waals surface area contributed by atoms with Crippen molar-refractivity contribution in [1.29, 1.82) is 0 Å². The molecule has 0 unspecified atom stereocenters. The monoisotopic (exact) mass is 325 g/mol. The fourth-order valence-electron chi connectivity index (χ4n) is 2.67. The zero-order chi connectivity index (χ0) is 16.9. The minimum Gasteiger partial charge on any atom is -0.408 e. The number of oxazole rings is 1. The fourth-order valence-corrected chi connectivity index (χ4v) is 2.67. The molecule has 0 aliphatic heterocycles. The van der Waals surface area contributed by atoms with Crippen LogP contribution in [0.5, 0.6) is 0 Å². The molecule has 0 aliphatic carbocycles. The zero-order valence-corrected chi connectivity index (χ0v) is 13.5. The topological polar surface area (TPSA) is 79.2 Å². The van der Waals surface area contributed by atoms with E-state index in [1.165, 1.54) is 0 Å². The van der Waals surface area contributed by atoms with Crippen LogP contribution in [-0.2, 0) is 17.6 Å². The maximum atomic E-state index is 12.5. The van der Waals surface area contributed by atoms with Crippen molar-refractivity contribution in [3.63, 3.8) is 0 Å². The van der Waals surface area contributed by atoms with Gasteiger partial charge in [0.05, 0.1) is 11.9 Å². The van der Waals surface area contributed by atoms with Gasteiger partial charge in [-0.3, -0.25) is 14.8 Å². The maximum Gasteiger partial charge on any atom is 0.417 e. The molecule has 0 bridgehead atoms. The Balaban J connectivity index is 1.65. The number of aromatic nitrogens is 2. The Kier molecular flexibility index (Phi) is 4.74. The number of nitrogens with zero attached hydrogens (tertiary/aromatic N) is 2. The molecule has 0 saturated heterocycles. The predicted molar refractivity (Wildman–Crippen MR) is 90.7 cm³/mol. The molecule has 0 radical (unpaired) electrons. The third-order valence-corrected chi connectivity index (χ3v) is 3.99. The summed E-state index contributed by atoms with van der Waals surface area (Å²) in [6.07, 6.45) is 4.62. The largest absolute Gasteiger partial charge is 0.417 e. The van der Waals surface area contributed by atoms with E-state index in [-0.39, 0.29) is 5.91 Å². The highest BCUT2D eigenvalue weighted by Crippen LogP contribution is 2.13. The van der Waals surface area contributed by atoms with E-state index in [1.807, 2.05) is 30.0 Å². The molecular weight excluding hydrogens is 306 g/mol. The molecule has 0 saturated carbocycles. The standard InChI is InChI=1S/C18H19N3O3/c1-2-21(10-7-13-5-8-19-9-6-13)17(22)12-14-3-4-16-15(11-14)20-18(23)24-16/h3-6,8-9,11H,2,7,10,12H2,1H3,(H,20,23). The van der Waals surface area contributed by atoms with Gasteiger partial charge < -0.3 is 9.32 Å². The number of hydrogen-bond donors (Lipinski definition) is 1. The molecule has 1 N–H and O–H groups in total. The summed E-state index contributed by atoms with van der Waals surface area (Å²) in [6, 6.07) is 9.23. The molecule has 0 atom stereocenters. The van der Waals surface area contributed by atoms with Crippen LogP contribution >= 0.6 is 0 Å². The first-order valence-electron chi connectivity index (χ1n) is 7.94. The lowest BCUT2D eigenvalue weighted by Crippen LogP contribution is -2.33. The van der Waals surface area contributed by atoms with Crippen molar-refractivity contribution >= 4 is 17.0 Å². The summed E-state index contributed by atoms with van der Waals surface area (Å²) < 4.78 is 4.97. The van der Waals surface area contributed by atoms with Gasteiger partial charge in [-0.1, -0.05) is 6.07 Å². The molecule has 0 fully saturated rings. The van der Waals surface area contributed by atoms with Gasteiger partial charge in [-0.2, -0.15) is 0 Å².